The number of anilines is 1. The number of rotatable bonds is 3. The zero-order valence-electron chi connectivity index (χ0n) is 8.95. The Kier molecular flexibility index (Phi) is 2.88. The van der Waals surface area contributed by atoms with Gasteiger partial charge in [0.1, 0.15) is 0 Å². The fraction of sp³-hybridized carbons (Fsp3) is 0.364. The van der Waals surface area contributed by atoms with Gasteiger partial charge in [0.2, 0.25) is 0 Å². The molecule has 1 aromatic heterocycles. The third-order valence-corrected chi connectivity index (χ3v) is 3.30. The number of nitrogens with one attached hydrogen (secondary N) is 1. The minimum atomic E-state index is 0.269. The Morgan fingerprint density at radius 2 is 2.33 bits per heavy atom. The summed E-state index contributed by atoms with van der Waals surface area (Å²) in [5, 5.41) is 4.25. The lowest BCUT2D eigenvalue weighted by atomic mass is 10.2. The van der Waals surface area contributed by atoms with E-state index in [0.29, 0.717) is 6.54 Å². The molecule has 0 spiro atoms. The van der Waals surface area contributed by atoms with E-state index >= 15 is 0 Å². The second-order valence-electron chi connectivity index (χ2n) is 3.72. The molecule has 0 aliphatic rings. The largest absolute Gasteiger partial charge is 0.358 e. The van der Waals surface area contributed by atoms with Crippen molar-refractivity contribution in [2.75, 3.05) is 11.9 Å². The summed E-state index contributed by atoms with van der Waals surface area (Å²) >= 11 is 1.68. The molecule has 1 unspecified atom stereocenters. The predicted octanol–water partition coefficient (Wildman–Crippen LogP) is 2.36. The van der Waals surface area contributed by atoms with Crippen LogP contribution in [0.2, 0.25) is 0 Å². The molecule has 2 aromatic rings. The van der Waals surface area contributed by atoms with E-state index in [1.807, 2.05) is 0 Å². The van der Waals surface area contributed by atoms with Crippen molar-refractivity contribution >= 4 is 26.7 Å². The zero-order chi connectivity index (χ0) is 10.8. The van der Waals surface area contributed by atoms with Crippen LogP contribution in [0.5, 0.6) is 0 Å². The average molecular weight is 221 g/mol. The van der Waals surface area contributed by atoms with E-state index in [9.17, 15) is 0 Å². The van der Waals surface area contributed by atoms with Crippen LogP contribution in [0.25, 0.3) is 10.2 Å². The molecular weight excluding hydrogens is 206 g/mol. The van der Waals surface area contributed by atoms with Crippen LogP contribution >= 0.6 is 11.3 Å². The van der Waals surface area contributed by atoms with Crippen LogP contribution in [-0.4, -0.2) is 17.6 Å². The first-order chi connectivity index (χ1) is 7.20. The average Bonchev–Trinajstić information content (AvgIpc) is 2.62. The van der Waals surface area contributed by atoms with Crippen molar-refractivity contribution in [1.82, 2.24) is 4.98 Å². The Labute approximate surface area is 93.3 Å². The maximum Gasteiger partial charge on any atom is 0.184 e. The van der Waals surface area contributed by atoms with E-state index in [1.165, 1.54) is 10.3 Å². The molecule has 0 fully saturated rings. The smallest absolute Gasteiger partial charge is 0.184 e. The number of para-hydroxylation sites is 1. The molecule has 4 heteroatoms. The van der Waals surface area contributed by atoms with Gasteiger partial charge < -0.3 is 11.1 Å². The summed E-state index contributed by atoms with van der Waals surface area (Å²) in [6.07, 6.45) is 0. The highest BCUT2D eigenvalue weighted by Gasteiger charge is 2.07. The normalized spacial score (nSPS) is 13.0. The quantitative estimate of drug-likeness (QED) is 0.836. The zero-order valence-corrected chi connectivity index (χ0v) is 9.77. The lowest BCUT2D eigenvalue weighted by molar-refractivity contribution is 0.803. The predicted molar refractivity (Wildman–Crippen MR) is 66.5 cm³/mol. The maximum absolute atomic E-state index is 5.56. The van der Waals surface area contributed by atoms with Gasteiger partial charge in [0.25, 0.3) is 0 Å². The standard InChI is InChI=1S/C11H15N3S/c1-7-4-3-5-9-10(7)14-11(15-9)13-8(2)6-12/h3-5,8H,6,12H2,1-2H3,(H,13,14). The fourth-order valence-electron chi connectivity index (χ4n) is 1.42. The molecular formula is C11H15N3S. The van der Waals surface area contributed by atoms with E-state index in [4.69, 9.17) is 5.73 Å². The molecule has 3 N–H and O–H groups in total. The summed E-state index contributed by atoms with van der Waals surface area (Å²) in [5.41, 5.74) is 7.87. The number of benzene rings is 1. The lowest BCUT2D eigenvalue weighted by Gasteiger charge is -2.08. The van der Waals surface area contributed by atoms with Gasteiger partial charge in [-0.05, 0) is 25.5 Å². The van der Waals surface area contributed by atoms with Crippen molar-refractivity contribution in [3.8, 4) is 0 Å². The van der Waals surface area contributed by atoms with Gasteiger partial charge in [-0.3, -0.25) is 0 Å². The topological polar surface area (TPSA) is 50.9 Å². The van der Waals surface area contributed by atoms with Crippen LogP contribution in [0.4, 0.5) is 5.13 Å². The van der Waals surface area contributed by atoms with Crippen LogP contribution in [0.15, 0.2) is 18.2 Å². The third-order valence-electron chi connectivity index (χ3n) is 2.34. The second kappa shape index (κ2) is 4.16. The van der Waals surface area contributed by atoms with Crippen LogP contribution < -0.4 is 11.1 Å². The maximum atomic E-state index is 5.56. The van der Waals surface area contributed by atoms with Crippen molar-refractivity contribution in [1.29, 1.82) is 0 Å². The first-order valence-corrected chi connectivity index (χ1v) is 5.85. The summed E-state index contributed by atoms with van der Waals surface area (Å²) < 4.78 is 1.22. The highest BCUT2D eigenvalue weighted by atomic mass is 32.1. The first-order valence-electron chi connectivity index (χ1n) is 5.03. The number of fused-ring (bicyclic) bond motifs is 1. The third kappa shape index (κ3) is 2.11. The number of aryl methyl sites for hydroxylation is 1. The van der Waals surface area contributed by atoms with Gasteiger partial charge in [-0.2, -0.15) is 0 Å². The van der Waals surface area contributed by atoms with Gasteiger partial charge in [0.05, 0.1) is 10.2 Å². The second-order valence-corrected chi connectivity index (χ2v) is 4.75. The molecule has 0 amide bonds. The molecule has 15 heavy (non-hydrogen) atoms. The van der Waals surface area contributed by atoms with E-state index in [1.54, 1.807) is 11.3 Å². The summed E-state index contributed by atoms with van der Waals surface area (Å²) in [5.74, 6) is 0. The van der Waals surface area contributed by atoms with Gasteiger partial charge in [-0.25, -0.2) is 4.98 Å². The molecule has 1 atom stereocenters. The molecule has 1 heterocycles. The van der Waals surface area contributed by atoms with Gasteiger partial charge in [-0.1, -0.05) is 23.5 Å². The molecule has 0 saturated heterocycles. The molecule has 0 aliphatic heterocycles. The van der Waals surface area contributed by atoms with Crippen molar-refractivity contribution in [3.63, 3.8) is 0 Å². The minimum Gasteiger partial charge on any atom is -0.358 e. The summed E-state index contributed by atoms with van der Waals surface area (Å²) in [4.78, 5) is 4.55. The SMILES string of the molecule is Cc1cccc2sc(NC(C)CN)nc12. The molecule has 3 nitrogen and oxygen atoms in total. The van der Waals surface area contributed by atoms with Crippen LogP contribution in [0.1, 0.15) is 12.5 Å². The summed E-state index contributed by atoms with van der Waals surface area (Å²) in [7, 11) is 0. The van der Waals surface area contributed by atoms with Crippen molar-refractivity contribution in [2.45, 2.75) is 19.9 Å². The van der Waals surface area contributed by atoms with Gasteiger partial charge in [0, 0.05) is 12.6 Å². The van der Waals surface area contributed by atoms with Crippen LogP contribution in [0, 0.1) is 6.92 Å². The van der Waals surface area contributed by atoms with Crippen LogP contribution in [-0.2, 0) is 0 Å². The Morgan fingerprint density at radius 3 is 3.00 bits per heavy atom. The van der Waals surface area contributed by atoms with E-state index in [2.05, 4.69) is 42.3 Å². The monoisotopic (exact) mass is 221 g/mol. The number of aromatic nitrogens is 1. The van der Waals surface area contributed by atoms with E-state index < -0.39 is 0 Å². The number of nitrogens with zero attached hydrogens (tertiary/aromatic N) is 1. The molecule has 80 valence electrons. The fourth-order valence-corrected chi connectivity index (χ4v) is 2.47. The Bertz CT molecular complexity index is 464. The first kappa shape index (κ1) is 10.4. The van der Waals surface area contributed by atoms with Crippen molar-refractivity contribution in [2.24, 2.45) is 5.73 Å². The van der Waals surface area contributed by atoms with Gasteiger partial charge in [-0.15, -0.1) is 0 Å². The number of nitrogens with two attached hydrogens (primary N) is 1. The van der Waals surface area contributed by atoms with Crippen molar-refractivity contribution in [3.05, 3.63) is 23.8 Å². The Hall–Kier alpha value is -1.13. The van der Waals surface area contributed by atoms with Crippen molar-refractivity contribution < 1.29 is 0 Å². The molecule has 2 rings (SSSR count). The van der Waals surface area contributed by atoms with Crippen LogP contribution in [0.3, 0.4) is 0 Å². The van der Waals surface area contributed by atoms with Gasteiger partial charge in [0.15, 0.2) is 5.13 Å². The molecule has 1 aromatic carbocycles. The lowest BCUT2D eigenvalue weighted by Crippen LogP contribution is -2.24. The Balaban J connectivity index is 2.35. The molecule has 0 saturated carbocycles. The number of hydrogen-bond donors (Lipinski definition) is 2. The van der Waals surface area contributed by atoms with Gasteiger partial charge >= 0.3 is 0 Å². The number of thiazole rings is 1. The number of hydrogen-bond acceptors (Lipinski definition) is 4. The summed E-state index contributed by atoms with van der Waals surface area (Å²) in [6.45, 7) is 4.76. The molecule has 0 radical (unpaired) electrons. The Morgan fingerprint density at radius 1 is 1.53 bits per heavy atom. The highest BCUT2D eigenvalue weighted by molar-refractivity contribution is 7.22. The molecule has 0 bridgehead atoms. The molecule has 0 aliphatic carbocycles. The van der Waals surface area contributed by atoms with E-state index in [0.717, 1.165) is 10.6 Å². The minimum absolute atomic E-state index is 0.269. The van der Waals surface area contributed by atoms with E-state index in [-0.39, 0.29) is 6.04 Å². The summed E-state index contributed by atoms with van der Waals surface area (Å²) in [6, 6.07) is 6.51. The highest BCUT2D eigenvalue weighted by Crippen LogP contribution is 2.27.